The average molecular weight is 610 g/mol. The first-order valence-electron chi connectivity index (χ1n) is 12.3. The highest BCUT2D eigenvalue weighted by atomic mass is 35.5. The fraction of sp³-hybridized carbons (Fsp3) is 0.423. The minimum atomic E-state index is -5.00. The van der Waals surface area contributed by atoms with E-state index in [0.29, 0.717) is 48.6 Å². The quantitative estimate of drug-likeness (QED) is 0.373. The summed E-state index contributed by atoms with van der Waals surface area (Å²) in [5.74, 6) is -1.70. The molecule has 1 saturated heterocycles. The van der Waals surface area contributed by atoms with Gasteiger partial charge in [-0.1, -0.05) is 6.07 Å². The summed E-state index contributed by atoms with van der Waals surface area (Å²) in [7, 11) is 1.32. The molecule has 0 saturated carbocycles. The number of piperidine rings is 1. The van der Waals surface area contributed by atoms with Crippen LogP contribution in [0.5, 0.6) is 0 Å². The lowest BCUT2D eigenvalue weighted by Crippen LogP contribution is -2.45. The van der Waals surface area contributed by atoms with E-state index >= 15 is 0 Å². The molecular formula is C26H27ClF7N5O2. The number of carbonyl (C=O) groups is 1. The highest BCUT2D eigenvalue weighted by Gasteiger charge is 2.39. The van der Waals surface area contributed by atoms with Gasteiger partial charge < -0.3 is 4.90 Å². The molecule has 2 aromatic carbocycles. The van der Waals surface area contributed by atoms with Crippen molar-refractivity contribution < 1.29 is 35.5 Å². The molecule has 1 amide bonds. The van der Waals surface area contributed by atoms with E-state index in [-0.39, 0.29) is 30.6 Å². The largest absolute Gasteiger partial charge is 0.416 e. The standard InChI is InChI=1S/C26H26F7N5O2.ClH/c1-14-7-18(27)3-4-19(14)21-12-38(13-22-34-24(40)36-35-22)6-5-20(21)23(39)37(2)11-15-8-16(25(28,29)30)10-17(9-15)26(31,32)33;/h3-4,7-10,20-21H,5-6,11-13H2,1-2H3,(H2,34,35,36,40);1H/t20-,21+;/m1./s1. The van der Waals surface area contributed by atoms with Gasteiger partial charge >= 0.3 is 18.0 Å². The van der Waals surface area contributed by atoms with Crippen molar-refractivity contribution in [3.8, 4) is 0 Å². The summed E-state index contributed by atoms with van der Waals surface area (Å²) in [6.07, 6.45) is -9.71. The first-order valence-corrected chi connectivity index (χ1v) is 12.3. The molecular weight excluding hydrogens is 583 g/mol. The normalized spacial score (nSPS) is 18.2. The second-order valence-electron chi connectivity index (χ2n) is 9.97. The van der Waals surface area contributed by atoms with Gasteiger partial charge in [-0.15, -0.1) is 12.4 Å². The third-order valence-corrected chi connectivity index (χ3v) is 7.01. The number of aryl methyl sites for hydroxylation is 1. The maximum absolute atomic E-state index is 13.8. The van der Waals surface area contributed by atoms with Crippen LogP contribution >= 0.6 is 12.4 Å². The molecule has 224 valence electrons. The number of hydrogen-bond donors (Lipinski definition) is 2. The average Bonchev–Trinajstić information content (AvgIpc) is 3.26. The number of likely N-dealkylation sites (tertiary alicyclic amines) is 1. The molecule has 0 aliphatic carbocycles. The number of rotatable bonds is 6. The zero-order valence-electron chi connectivity index (χ0n) is 21.9. The highest BCUT2D eigenvalue weighted by molar-refractivity contribution is 5.85. The zero-order chi connectivity index (χ0) is 29.4. The van der Waals surface area contributed by atoms with Crippen LogP contribution in [-0.4, -0.2) is 51.0 Å². The molecule has 0 radical (unpaired) electrons. The van der Waals surface area contributed by atoms with Crippen LogP contribution in [0.4, 0.5) is 30.7 Å². The van der Waals surface area contributed by atoms with Gasteiger partial charge in [0.1, 0.15) is 11.6 Å². The SMILES string of the molecule is Cc1cc(F)ccc1[C@@H]1CN(Cc2n[nH]c(=O)[nH]2)CC[C@H]1C(=O)N(C)Cc1cc(C(F)(F)F)cc(C(F)(F)F)c1.Cl. The van der Waals surface area contributed by atoms with Crippen LogP contribution in [0.25, 0.3) is 0 Å². The topological polar surface area (TPSA) is 85.1 Å². The van der Waals surface area contributed by atoms with E-state index < -0.39 is 59.3 Å². The number of H-pyrrole nitrogens is 2. The fourth-order valence-electron chi connectivity index (χ4n) is 5.17. The van der Waals surface area contributed by atoms with Crippen LogP contribution in [0, 0.1) is 18.7 Å². The molecule has 41 heavy (non-hydrogen) atoms. The van der Waals surface area contributed by atoms with Crippen molar-refractivity contribution in [1.29, 1.82) is 0 Å². The van der Waals surface area contributed by atoms with Crippen LogP contribution < -0.4 is 5.69 Å². The molecule has 2 N–H and O–H groups in total. The van der Waals surface area contributed by atoms with E-state index in [9.17, 15) is 40.3 Å². The first kappa shape index (κ1) is 32.1. The summed E-state index contributed by atoms with van der Waals surface area (Å²) in [4.78, 5) is 30.7. The van der Waals surface area contributed by atoms with Crippen LogP contribution in [0.15, 0.2) is 41.2 Å². The second kappa shape index (κ2) is 12.2. The Morgan fingerprint density at radius 3 is 2.24 bits per heavy atom. The molecule has 0 unspecified atom stereocenters. The highest BCUT2D eigenvalue weighted by Crippen LogP contribution is 2.38. The minimum Gasteiger partial charge on any atom is -0.341 e. The van der Waals surface area contributed by atoms with Gasteiger partial charge in [0.15, 0.2) is 0 Å². The van der Waals surface area contributed by atoms with E-state index in [0.717, 1.165) is 4.90 Å². The number of nitrogens with one attached hydrogen (secondary N) is 2. The van der Waals surface area contributed by atoms with Gasteiger partial charge in [0.25, 0.3) is 0 Å². The molecule has 7 nitrogen and oxygen atoms in total. The smallest absolute Gasteiger partial charge is 0.341 e. The summed E-state index contributed by atoms with van der Waals surface area (Å²) in [6.45, 7) is 2.19. The fourth-order valence-corrected chi connectivity index (χ4v) is 5.17. The molecule has 2 atom stereocenters. The number of benzene rings is 2. The molecule has 0 spiro atoms. The Balaban J connectivity index is 0.00000462. The summed E-state index contributed by atoms with van der Waals surface area (Å²) in [5, 5.41) is 6.17. The Morgan fingerprint density at radius 2 is 1.71 bits per heavy atom. The van der Waals surface area contributed by atoms with Crippen molar-refractivity contribution >= 4 is 18.3 Å². The van der Waals surface area contributed by atoms with Crippen molar-refractivity contribution in [2.45, 2.75) is 44.7 Å². The van der Waals surface area contributed by atoms with E-state index in [2.05, 4.69) is 15.2 Å². The minimum absolute atomic E-state index is 0. The number of hydrogen-bond acceptors (Lipinski definition) is 4. The Bertz CT molecular complexity index is 1400. The van der Waals surface area contributed by atoms with Crippen molar-refractivity contribution in [2.24, 2.45) is 5.92 Å². The number of carbonyl (C=O) groups excluding carboxylic acids is 1. The summed E-state index contributed by atoms with van der Waals surface area (Å²) in [6, 6.07) is 5.41. The summed E-state index contributed by atoms with van der Waals surface area (Å²) < 4.78 is 93.8. The number of alkyl halides is 6. The van der Waals surface area contributed by atoms with Crippen LogP contribution in [0.2, 0.25) is 0 Å². The zero-order valence-corrected chi connectivity index (χ0v) is 22.7. The Kier molecular flexibility index (Phi) is 9.58. The molecule has 1 aliphatic heterocycles. The predicted molar refractivity (Wildman–Crippen MR) is 137 cm³/mol. The lowest BCUT2D eigenvalue weighted by Gasteiger charge is -2.39. The van der Waals surface area contributed by atoms with Gasteiger partial charge in [-0.25, -0.2) is 14.3 Å². The third-order valence-electron chi connectivity index (χ3n) is 7.01. The van der Waals surface area contributed by atoms with Gasteiger partial charge in [-0.05, 0) is 66.9 Å². The number of halogens is 8. The molecule has 2 heterocycles. The van der Waals surface area contributed by atoms with E-state index in [1.807, 2.05) is 4.90 Å². The van der Waals surface area contributed by atoms with Crippen molar-refractivity contribution in [1.82, 2.24) is 25.0 Å². The van der Waals surface area contributed by atoms with E-state index in [1.165, 1.54) is 19.2 Å². The molecule has 0 bridgehead atoms. The number of aromatic amines is 2. The van der Waals surface area contributed by atoms with E-state index in [4.69, 9.17) is 0 Å². The Morgan fingerprint density at radius 1 is 1.07 bits per heavy atom. The maximum atomic E-state index is 13.8. The van der Waals surface area contributed by atoms with Gasteiger partial charge in [-0.3, -0.25) is 14.7 Å². The van der Waals surface area contributed by atoms with Crippen LogP contribution in [0.1, 0.15) is 46.0 Å². The maximum Gasteiger partial charge on any atom is 0.416 e. The molecule has 1 aromatic heterocycles. The van der Waals surface area contributed by atoms with Gasteiger partial charge in [0, 0.05) is 32.0 Å². The van der Waals surface area contributed by atoms with Crippen molar-refractivity contribution in [3.63, 3.8) is 0 Å². The second-order valence-corrected chi connectivity index (χ2v) is 9.97. The van der Waals surface area contributed by atoms with Crippen molar-refractivity contribution in [2.75, 3.05) is 20.1 Å². The monoisotopic (exact) mass is 609 g/mol. The Labute approximate surface area is 236 Å². The number of nitrogens with zero attached hydrogens (tertiary/aromatic N) is 3. The van der Waals surface area contributed by atoms with Gasteiger partial charge in [-0.2, -0.15) is 31.4 Å². The van der Waals surface area contributed by atoms with Gasteiger partial charge in [0.05, 0.1) is 17.7 Å². The van der Waals surface area contributed by atoms with Crippen LogP contribution in [0.3, 0.4) is 0 Å². The van der Waals surface area contributed by atoms with Crippen LogP contribution in [-0.2, 0) is 30.2 Å². The van der Waals surface area contributed by atoms with Gasteiger partial charge in [0.2, 0.25) is 5.91 Å². The number of amides is 1. The lowest BCUT2D eigenvalue weighted by molar-refractivity contribution is -0.143. The molecule has 15 heteroatoms. The summed E-state index contributed by atoms with van der Waals surface area (Å²) in [5.41, 5.74) is -2.42. The van der Waals surface area contributed by atoms with E-state index in [1.54, 1.807) is 13.0 Å². The molecule has 1 fully saturated rings. The summed E-state index contributed by atoms with van der Waals surface area (Å²) >= 11 is 0. The molecule has 4 rings (SSSR count). The predicted octanol–water partition coefficient (Wildman–Crippen LogP) is 5.27. The van der Waals surface area contributed by atoms with Crippen molar-refractivity contribution in [3.05, 3.63) is 86.3 Å². The number of aromatic nitrogens is 3. The third kappa shape index (κ3) is 7.67. The Hall–Kier alpha value is -3.39. The molecule has 3 aromatic rings. The first-order chi connectivity index (χ1) is 18.6. The molecule has 1 aliphatic rings. The lowest BCUT2D eigenvalue weighted by atomic mass is 9.78.